The van der Waals surface area contributed by atoms with Crippen molar-refractivity contribution < 1.29 is 9.94 Å². The predicted octanol–water partition coefficient (Wildman–Crippen LogP) is 2.64. The van der Waals surface area contributed by atoms with E-state index in [0.717, 1.165) is 24.1 Å². The van der Waals surface area contributed by atoms with Gasteiger partial charge in [-0.1, -0.05) is 41.6 Å². The van der Waals surface area contributed by atoms with Crippen molar-refractivity contribution in [3.63, 3.8) is 0 Å². The molecule has 2 aliphatic rings. The molecule has 0 fully saturated rings. The molecule has 1 atom stereocenters. The second-order valence-electron chi connectivity index (χ2n) is 6.55. The summed E-state index contributed by atoms with van der Waals surface area (Å²) in [6.45, 7) is 0. The average molecular weight is 449 g/mol. The van der Waals surface area contributed by atoms with E-state index in [2.05, 4.69) is 21.2 Å². The molecule has 0 aromatic heterocycles. The lowest BCUT2D eigenvalue weighted by atomic mass is 9.88. The van der Waals surface area contributed by atoms with E-state index in [1.165, 1.54) is 5.56 Å². The molecule has 4 rings (SSSR count). The molecular weight excluding hydrogens is 427 g/mol. The summed E-state index contributed by atoms with van der Waals surface area (Å²) in [5.74, 6) is 0.806. The van der Waals surface area contributed by atoms with Crippen LogP contribution < -0.4 is 16.2 Å². The lowest BCUT2D eigenvalue weighted by Crippen LogP contribution is -2.45. The third-order valence-electron chi connectivity index (χ3n) is 5.01. The Morgan fingerprint density at radius 2 is 1.80 bits per heavy atom. The molecular formula is C20H22Cl2N6O2. The van der Waals surface area contributed by atoms with E-state index < -0.39 is 5.54 Å². The van der Waals surface area contributed by atoms with Crippen LogP contribution in [-0.4, -0.2) is 35.7 Å². The number of benzene rings is 2. The Morgan fingerprint density at radius 1 is 1.10 bits per heavy atom. The molecule has 1 aliphatic heterocycles. The molecule has 5 N–H and O–H groups in total. The van der Waals surface area contributed by atoms with Gasteiger partial charge in [-0.3, -0.25) is 0 Å². The van der Waals surface area contributed by atoms with Gasteiger partial charge in [0.25, 0.3) is 0 Å². The number of aryl methyl sites for hydroxylation is 1. The van der Waals surface area contributed by atoms with Crippen molar-refractivity contribution in [1.82, 2.24) is 0 Å². The molecule has 0 saturated carbocycles. The zero-order chi connectivity index (χ0) is 19.7. The predicted molar refractivity (Wildman–Crippen MR) is 123 cm³/mol. The first-order valence-corrected chi connectivity index (χ1v) is 8.81. The zero-order valence-corrected chi connectivity index (χ0v) is 17.8. The molecule has 0 bridgehead atoms. The number of rotatable bonds is 3. The number of hydrogen-bond acceptors (Lipinski definition) is 7. The Labute approximate surface area is 186 Å². The van der Waals surface area contributed by atoms with Crippen molar-refractivity contribution in [3.8, 4) is 5.75 Å². The van der Waals surface area contributed by atoms with Gasteiger partial charge in [-0.05, 0) is 41.7 Å². The summed E-state index contributed by atoms with van der Waals surface area (Å²) < 4.78 is 5.22. The van der Waals surface area contributed by atoms with Crippen molar-refractivity contribution in [1.29, 1.82) is 0 Å². The highest BCUT2D eigenvalue weighted by atomic mass is 35.5. The molecule has 0 saturated heterocycles. The van der Waals surface area contributed by atoms with E-state index in [-0.39, 0.29) is 42.4 Å². The monoisotopic (exact) mass is 448 g/mol. The molecule has 0 amide bonds. The van der Waals surface area contributed by atoms with Crippen LogP contribution in [0.5, 0.6) is 5.75 Å². The van der Waals surface area contributed by atoms with E-state index in [0.29, 0.717) is 11.3 Å². The number of guanidine groups is 1. The lowest BCUT2D eigenvalue weighted by molar-refractivity contribution is 0.314. The summed E-state index contributed by atoms with van der Waals surface area (Å²) in [5.41, 5.74) is 14.4. The standard InChI is InChI=1S/C20H20N6O2.2ClH/c1-28-14-9-7-13(8-10-14)20(17(21)26-27)18(24-19(22)25-20)23-16-11-6-12-4-2-3-5-15(12)16;;/h2-5,7-10,27H,6,11H2,1H3,(H2,21,26)(H2,22,25);2*1H. The Balaban J connectivity index is 0.00000160. The van der Waals surface area contributed by atoms with Gasteiger partial charge in [0, 0.05) is 0 Å². The maximum atomic E-state index is 9.47. The van der Waals surface area contributed by atoms with Gasteiger partial charge >= 0.3 is 0 Å². The van der Waals surface area contributed by atoms with Crippen molar-refractivity contribution >= 4 is 48.2 Å². The number of hydrogen-bond donors (Lipinski definition) is 3. The van der Waals surface area contributed by atoms with Crippen LogP contribution in [-0.2, 0) is 12.0 Å². The van der Waals surface area contributed by atoms with E-state index in [9.17, 15) is 5.21 Å². The smallest absolute Gasteiger partial charge is 0.219 e. The normalized spacial score (nSPS) is 21.2. The molecule has 30 heavy (non-hydrogen) atoms. The second-order valence-corrected chi connectivity index (χ2v) is 6.55. The van der Waals surface area contributed by atoms with Crippen LogP contribution in [0.2, 0.25) is 0 Å². The number of nitrogens with zero attached hydrogens (tertiary/aromatic N) is 4. The molecule has 1 unspecified atom stereocenters. The van der Waals surface area contributed by atoms with Crippen LogP contribution in [0.15, 0.2) is 68.7 Å². The van der Waals surface area contributed by atoms with Gasteiger partial charge in [0.1, 0.15) is 5.75 Å². The molecule has 1 heterocycles. The molecule has 158 valence electrons. The van der Waals surface area contributed by atoms with E-state index >= 15 is 0 Å². The highest BCUT2D eigenvalue weighted by Gasteiger charge is 2.47. The van der Waals surface area contributed by atoms with Crippen molar-refractivity contribution in [2.24, 2.45) is 31.6 Å². The maximum Gasteiger partial charge on any atom is 0.219 e. The summed E-state index contributed by atoms with van der Waals surface area (Å²) in [6, 6.07) is 15.2. The number of ether oxygens (including phenoxy) is 1. The number of amidine groups is 2. The van der Waals surface area contributed by atoms with Gasteiger partial charge in [-0.2, -0.15) is 4.99 Å². The fraction of sp³-hybridized carbons (Fsp3) is 0.200. The molecule has 0 radical (unpaired) electrons. The maximum absolute atomic E-state index is 9.47. The first kappa shape index (κ1) is 23.2. The van der Waals surface area contributed by atoms with Gasteiger partial charge in [0.05, 0.1) is 12.8 Å². The lowest BCUT2D eigenvalue weighted by Gasteiger charge is -2.25. The van der Waals surface area contributed by atoms with Crippen LogP contribution in [0.4, 0.5) is 0 Å². The molecule has 1 aliphatic carbocycles. The van der Waals surface area contributed by atoms with Gasteiger partial charge in [0.15, 0.2) is 11.7 Å². The van der Waals surface area contributed by atoms with Gasteiger partial charge in [-0.15, -0.1) is 24.8 Å². The topological polar surface area (TPSA) is 131 Å². The number of aliphatic imine (C=N–C) groups is 3. The minimum Gasteiger partial charge on any atom is -0.497 e. The number of nitrogens with two attached hydrogens (primary N) is 2. The number of fused-ring (bicyclic) bond motifs is 1. The van der Waals surface area contributed by atoms with Crippen molar-refractivity contribution in [3.05, 3.63) is 65.2 Å². The Kier molecular flexibility index (Phi) is 7.07. The largest absolute Gasteiger partial charge is 0.497 e. The summed E-state index contributed by atoms with van der Waals surface area (Å²) in [6.07, 6.45) is 1.67. The van der Waals surface area contributed by atoms with Crippen molar-refractivity contribution in [2.45, 2.75) is 18.4 Å². The molecule has 2 aromatic rings. The third kappa shape index (κ3) is 3.71. The van der Waals surface area contributed by atoms with Gasteiger partial charge < -0.3 is 21.4 Å². The average Bonchev–Trinajstić information content (AvgIpc) is 3.29. The van der Waals surface area contributed by atoms with Crippen molar-refractivity contribution in [2.75, 3.05) is 7.11 Å². The third-order valence-corrected chi connectivity index (χ3v) is 5.01. The summed E-state index contributed by atoms with van der Waals surface area (Å²) in [4.78, 5) is 13.5. The van der Waals surface area contributed by atoms with Crippen LogP contribution in [0.1, 0.15) is 23.1 Å². The Hall–Kier alpha value is -3.10. The number of halogens is 2. The first-order valence-electron chi connectivity index (χ1n) is 8.81. The zero-order valence-electron chi connectivity index (χ0n) is 16.1. The molecule has 8 nitrogen and oxygen atoms in total. The highest BCUT2D eigenvalue weighted by Crippen LogP contribution is 2.35. The number of methoxy groups -OCH3 is 1. The highest BCUT2D eigenvalue weighted by molar-refractivity contribution is 6.24. The summed E-state index contributed by atoms with van der Waals surface area (Å²) >= 11 is 0. The Bertz CT molecular complexity index is 1050. The second kappa shape index (κ2) is 9.15. The Morgan fingerprint density at radius 3 is 2.47 bits per heavy atom. The fourth-order valence-electron chi connectivity index (χ4n) is 3.61. The summed E-state index contributed by atoms with van der Waals surface area (Å²) in [7, 11) is 1.58. The van der Waals surface area contributed by atoms with Gasteiger partial charge in [-0.25, -0.2) is 9.98 Å². The quantitative estimate of drug-likeness (QED) is 0.288. The van der Waals surface area contributed by atoms with E-state index in [1.807, 2.05) is 18.2 Å². The minimum atomic E-state index is -1.39. The summed E-state index contributed by atoms with van der Waals surface area (Å²) in [5, 5.41) is 12.7. The van der Waals surface area contributed by atoms with Crippen LogP contribution in [0, 0.1) is 0 Å². The van der Waals surface area contributed by atoms with E-state index in [4.69, 9.17) is 21.2 Å². The van der Waals surface area contributed by atoms with Gasteiger partial charge in [0.2, 0.25) is 11.5 Å². The molecule has 10 heteroatoms. The van der Waals surface area contributed by atoms with Crippen LogP contribution in [0.25, 0.3) is 0 Å². The number of oxime groups is 1. The molecule has 0 spiro atoms. The minimum absolute atomic E-state index is 0. The fourth-order valence-corrected chi connectivity index (χ4v) is 3.61. The van der Waals surface area contributed by atoms with E-state index in [1.54, 1.807) is 31.4 Å². The van der Waals surface area contributed by atoms with Crippen LogP contribution >= 0.6 is 24.8 Å². The van der Waals surface area contributed by atoms with Crippen LogP contribution in [0.3, 0.4) is 0 Å². The first-order chi connectivity index (χ1) is 13.6. The SMILES string of the molecule is COc1ccc(C2(C(N)=NO)N=C(N)N=C2N=C2CCc3ccccc32)cc1.Cl.Cl. The molecule has 2 aromatic carbocycles.